The number of benzene rings is 1. The molecule has 0 aliphatic rings. The number of halogens is 2. The maximum absolute atomic E-state index is 5.89. The molecule has 0 radical (unpaired) electrons. The fraction of sp³-hybridized carbons (Fsp3) is 0.222. The molecule has 0 spiro atoms. The van der Waals surface area contributed by atoms with Crippen LogP contribution in [-0.4, -0.2) is 19.4 Å². The zero-order chi connectivity index (χ0) is 10.4. The van der Waals surface area contributed by atoms with E-state index < -0.39 is 0 Å². The fourth-order valence-electron chi connectivity index (χ4n) is 0.829. The summed E-state index contributed by atoms with van der Waals surface area (Å²) >= 11 is 11.8. The Kier molecular flexibility index (Phi) is 4.73. The van der Waals surface area contributed by atoms with Crippen molar-refractivity contribution in [3.63, 3.8) is 0 Å². The highest BCUT2D eigenvalue weighted by Crippen LogP contribution is 2.22. The average Bonchev–Trinajstić information content (AvgIpc) is 2.16. The summed E-state index contributed by atoms with van der Waals surface area (Å²) < 4.78 is 0. The van der Waals surface area contributed by atoms with Crippen molar-refractivity contribution < 1.29 is 4.84 Å². The Morgan fingerprint density at radius 1 is 1.36 bits per heavy atom. The second kappa shape index (κ2) is 5.86. The smallest absolute Gasteiger partial charge is 0.129 e. The molecule has 0 aliphatic carbocycles. The monoisotopic (exact) mass is 232 g/mol. The minimum absolute atomic E-state index is 0.374. The lowest BCUT2D eigenvalue weighted by Crippen LogP contribution is -2.05. The van der Waals surface area contributed by atoms with Gasteiger partial charge in [0.15, 0.2) is 0 Å². The van der Waals surface area contributed by atoms with Crippen molar-refractivity contribution in [2.45, 2.75) is 0 Å². The van der Waals surface area contributed by atoms with Gasteiger partial charge in [-0.1, -0.05) is 34.4 Å². The van der Waals surface area contributed by atoms with Gasteiger partial charge in [0.2, 0.25) is 0 Å². The Bertz CT molecular complexity index is 308. The molecule has 0 unspecified atom stereocenters. The van der Waals surface area contributed by atoms with Gasteiger partial charge in [-0.25, -0.2) is 0 Å². The van der Waals surface area contributed by atoms with Crippen LogP contribution in [0, 0.1) is 0 Å². The first-order valence-electron chi connectivity index (χ1n) is 4.05. The number of hydrogen-bond acceptors (Lipinski definition) is 3. The van der Waals surface area contributed by atoms with Crippen LogP contribution in [0.15, 0.2) is 23.4 Å². The van der Waals surface area contributed by atoms with Crippen LogP contribution >= 0.6 is 23.2 Å². The number of hydrogen-bond donors (Lipinski definition) is 1. The van der Waals surface area contributed by atoms with Crippen molar-refractivity contribution >= 4 is 29.4 Å². The third-order valence-corrected chi connectivity index (χ3v) is 2.12. The van der Waals surface area contributed by atoms with E-state index in [1.165, 1.54) is 6.21 Å². The topological polar surface area (TPSA) is 47.6 Å². The van der Waals surface area contributed by atoms with E-state index in [0.29, 0.717) is 28.8 Å². The van der Waals surface area contributed by atoms with Gasteiger partial charge in [-0.2, -0.15) is 0 Å². The van der Waals surface area contributed by atoms with E-state index in [9.17, 15) is 0 Å². The normalized spacial score (nSPS) is 10.8. The summed E-state index contributed by atoms with van der Waals surface area (Å²) in [5.74, 6) is 0. The zero-order valence-corrected chi connectivity index (χ0v) is 8.92. The molecule has 2 N–H and O–H groups in total. The lowest BCUT2D eigenvalue weighted by atomic mass is 10.2. The van der Waals surface area contributed by atoms with Crippen molar-refractivity contribution in [3.8, 4) is 0 Å². The van der Waals surface area contributed by atoms with Crippen LogP contribution < -0.4 is 5.73 Å². The van der Waals surface area contributed by atoms with Crippen LogP contribution in [0.1, 0.15) is 5.56 Å². The predicted molar refractivity (Wildman–Crippen MR) is 59.1 cm³/mol. The molecule has 14 heavy (non-hydrogen) atoms. The van der Waals surface area contributed by atoms with E-state index >= 15 is 0 Å². The molecule has 3 nitrogen and oxygen atoms in total. The average molecular weight is 233 g/mol. The van der Waals surface area contributed by atoms with Gasteiger partial charge in [0, 0.05) is 12.1 Å². The molecule has 1 rings (SSSR count). The van der Waals surface area contributed by atoms with Crippen LogP contribution in [0.3, 0.4) is 0 Å². The minimum atomic E-state index is 0.374. The molecule has 0 aromatic heterocycles. The van der Waals surface area contributed by atoms with Gasteiger partial charge < -0.3 is 10.6 Å². The number of nitrogens with two attached hydrogens (primary N) is 1. The van der Waals surface area contributed by atoms with Gasteiger partial charge in [0.1, 0.15) is 6.61 Å². The van der Waals surface area contributed by atoms with E-state index in [2.05, 4.69) is 5.16 Å². The molecule has 0 fully saturated rings. The Labute approximate surface area is 92.4 Å². The Morgan fingerprint density at radius 3 is 2.57 bits per heavy atom. The van der Waals surface area contributed by atoms with Crippen molar-refractivity contribution in [3.05, 3.63) is 33.8 Å². The maximum atomic E-state index is 5.89. The first-order chi connectivity index (χ1) is 6.75. The lowest BCUT2D eigenvalue weighted by molar-refractivity contribution is 0.154. The summed E-state index contributed by atoms with van der Waals surface area (Å²) in [6, 6.07) is 5.23. The lowest BCUT2D eigenvalue weighted by Gasteiger charge is -2.00. The predicted octanol–water partition coefficient (Wildman–Crippen LogP) is 2.30. The highest BCUT2D eigenvalue weighted by Gasteiger charge is 2.01. The molecule has 0 amide bonds. The van der Waals surface area contributed by atoms with Crippen molar-refractivity contribution in [2.24, 2.45) is 10.9 Å². The summed E-state index contributed by atoms with van der Waals surface area (Å²) in [6.45, 7) is 0.798. The summed E-state index contributed by atoms with van der Waals surface area (Å²) in [7, 11) is 0. The van der Waals surface area contributed by atoms with Crippen LogP contribution in [-0.2, 0) is 4.84 Å². The summed E-state index contributed by atoms with van der Waals surface area (Å²) in [5.41, 5.74) is 5.86. The SMILES string of the molecule is NCCO/N=C/c1c(Cl)cccc1Cl. The molecule has 0 atom stereocenters. The molecular formula is C9H10Cl2N2O. The molecule has 0 saturated carbocycles. The molecule has 0 aliphatic heterocycles. The van der Waals surface area contributed by atoms with E-state index in [-0.39, 0.29) is 0 Å². The fourth-order valence-corrected chi connectivity index (χ4v) is 1.32. The van der Waals surface area contributed by atoms with Gasteiger partial charge in [-0.3, -0.25) is 0 Å². The van der Waals surface area contributed by atoms with Crippen LogP contribution in [0.5, 0.6) is 0 Å². The van der Waals surface area contributed by atoms with Gasteiger partial charge in [0.25, 0.3) is 0 Å². The van der Waals surface area contributed by atoms with Crippen LogP contribution in [0.4, 0.5) is 0 Å². The third-order valence-electron chi connectivity index (χ3n) is 1.47. The number of rotatable bonds is 4. The summed E-state index contributed by atoms with van der Waals surface area (Å²) in [5, 5.41) is 4.76. The summed E-state index contributed by atoms with van der Waals surface area (Å²) in [4.78, 5) is 4.82. The highest BCUT2D eigenvalue weighted by atomic mass is 35.5. The summed E-state index contributed by atoms with van der Waals surface area (Å²) in [6.07, 6.45) is 1.47. The second-order valence-electron chi connectivity index (χ2n) is 2.49. The Hall–Kier alpha value is -0.770. The van der Waals surface area contributed by atoms with Crippen LogP contribution in [0.2, 0.25) is 10.0 Å². The van der Waals surface area contributed by atoms with E-state index in [1.54, 1.807) is 18.2 Å². The quantitative estimate of drug-likeness (QED) is 0.492. The zero-order valence-electron chi connectivity index (χ0n) is 7.41. The van der Waals surface area contributed by atoms with Crippen molar-refractivity contribution in [2.75, 3.05) is 13.2 Å². The second-order valence-corrected chi connectivity index (χ2v) is 3.31. The van der Waals surface area contributed by atoms with E-state index in [4.69, 9.17) is 33.8 Å². The molecule has 1 aromatic rings. The molecular weight excluding hydrogens is 223 g/mol. The van der Waals surface area contributed by atoms with Crippen molar-refractivity contribution in [1.29, 1.82) is 0 Å². The molecule has 1 aromatic carbocycles. The van der Waals surface area contributed by atoms with Crippen molar-refractivity contribution in [1.82, 2.24) is 0 Å². The largest absolute Gasteiger partial charge is 0.394 e. The standard InChI is InChI=1S/C9H10Cl2N2O/c10-8-2-1-3-9(11)7(8)6-13-14-5-4-12/h1-3,6H,4-5,12H2/b13-6+. The molecule has 0 saturated heterocycles. The van der Waals surface area contributed by atoms with Gasteiger partial charge in [0.05, 0.1) is 16.3 Å². The Morgan fingerprint density at radius 2 is 2.00 bits per heavy atom. The molecule has 5 heteroatoms. The molecule has 76 valence electrons. The number of nitrogens with zero attached hydrogens (tertiary/aromatic N) is 1. The molecule has 0 heterocycles. The van der Waals surface area contributed by atoms with Crippen LogP contribution in [0.25, 0.3) is 0 Å². The van der Waals surface area contributed by atoms with Gasteiger partial charge in [-0.05, 0) is 12.1 Å². The van der Waals surface area contributed by atoms with Gasteiger partial charge in [-0.15, -0.1) is 0 Å². The minimum Gasteiger partial charge on any atom is -0.394 e. The maximum Gasteiger partial charge on any atom is 0.129 e. The Balaban J connectivity index is 2.70. The molecule has 0 bridgehead atoms. The van der Waals surface area contributed by atoms with Gasteiger partial charge >= 0.3 is 0 Å². The number of oxime groups is 1. The van der Waals surface area contributed by atoms with E-state index in [1.807, 2.05) is 0 Å². The third kappa shape index (κ3) is 3.18. The highest BCUT2D eigenvalue weighted by molar-refractivity contribution is 6.38. The first kappa shape index (κ1) is 11.3. The van der Waals surface area contributed by atoms with E-state index in [0.717, 1.165) is 0 Å². The first-order valence-corrected chi connectivity index (χ1v) is 4.80.